The number of carbonyl (C=O) groups is 3. The highest BCUT2D eigenvalue weighted by atomic mass is 35.5. The maximum Gasteiger partial charge on any atom is 0.341 e. The van der Waals surface area contributed by atoms with Crippen LogP contribution in [0.25, 0.3) is 0 Å². The maximum atomic E-state index is 13.9. The molecule has 0 atom stereocenters. The van der Waals surface area contributed by atoms with Gasteiger partial charge in [-0.15, -0.1) is 0 Å². The van der Waals surface area contributed by atoms with Gasteiger partial charge in [0.25, 0.3) is 0 Å². The summed E-state index contributed by atoms with van der Waals surface area (Å²) in [5.74, 6) is -1.91. The molecule has 0 aliphatic rings. The van der Waals surface area contributed by atoms with Crippen molar-refractivity contribution in [3.63, 3.8) is 0 Å². The van der Waals surface area contributed by atoms with Crippen LogP contribution in [-0.4, -0.2) is 51.7 Å². The molecule has 10 heteroatoms. The van der Waals surface area contributed by atoms with Crippen LogP contribution in [0.2, 0.25) is 5.02 Å². The highest BCUT2D eigenvalue weighted by Crippen LogP contribution is 2.17. The van der Waals surface area contributed by atoms with Crippen LogP contribution in [0.3, 0.4) is 0 Å². The van der Waals surface area contributed by atoms with Gasteiger partial charge in [0.15, 0.2) is 0 Å². The monoisotopic (exact) mass is 438 g/mol. The summed E-state index contributed by atoms with van der Waals surface area (Å²) >= 11 is 5.73. The van der Waals surface area contributed by atoms with Gasteiger partial charge >= 0.3 is 5.97 Å². The maximum absolute atomic E-state index is 13.9. The third-order valence-corrected chi connectivity index (χ3v) is 4.50. The van der Waals surface area contributed by atoms with Gasteiger partial charge in [0, 0.05) is 24.3 Å². The summed E-state index contributed by atoms with van der Waals surface area (Å²) in [6, 6.07) is 4.27. The van der Waals surface area contributed by atoms with Gasteiger partial charge in [0.2, 0.25) is 11.8 Å². The number of amides is 2. The van der Waals surface area contributed by atoms with E-state index in [2.05, 4.69) is 10.4 Å². The van der Waals surface area contributed by atoms with Crippen molar-refractivity contribution in [3.8, 4) is 0 Å². The van der Waals surface area contributed by atoms with Crippen molar-refractivity contribution in [1.82, 2.24) is 20.0 Å². The van der Waals surface area contributed by atoms with Crippen LogP contribution in [0.4, 0.5) is 4.39 Å². The Morgan fingerprint density at radius 3 is 2.73 bits per heavy atom. The van der Waals surface area contributed by atoms with Gasteiger partial charge in [-0.25, -0.2) is 9.18 Å². The number of carbonyl (C=O) groups excluding carboxylic acids is 3. The standard InChI is InChI=1S/C20H24ClFN4O4/c1-4-30-20(29)15-9-24-25(10-15)12-18(28)26(13(2)3)11-17(27)23-8-14-6-5-7-16(21)19(14)22/h5-7,9-10,13H,4,8,11-12H2,1-3H3,(H,23,27). The number of rotatable bonds is 9. The average Bonchev–Trinajstić information content (AvgIpc) is 3.15. The molecule has 0 saturated heterocycles. The lowest BCUT2D eigenvalue weighted by Crippen LogP contribution is -2.45. The molecule has 0 aliphatic carbocycles. The third kappa shape index (κ3) is 6.28. The zero-order valence-electron chi connectivity index (χ0n) is 17.0. The minimum absolute atomic E-state index is 0.0258. The largest absolute Gasteiger partial charge is 0.462 e. The van der Waals surface area contributed by atoms with Crippen LogP contribution >= 0.6 is 11.6 Å². The number of nitrogens with zero attached hydrogens (tertiary/aromatic N) is 3. The summed E-state index contributed by atoms with van der Waals surface area (Å²) in [5.41, 5.74) is 0.489. The third-order valence-electron chi connectivity index (χ3n) is 4.21. The molecule has 0 bridgehead atoms. The molecule has 1 heterocycles. The van der Waals surface area contributed by atoms with E-state index in [1.165, 1.54) is 34.1 Å². The SMILES string of the molecule is CCOC(=O)c1cnn(CC(=O)N(CC(=O)NCc2cccc(Cl)c2F)C(C)C)c1. The molecule has 0 spiro atoms. The summed E-state index contributed by atoms with van der Waals surface area (Å²) in [7, 11) is 0. The van der Waals surface area contributed by atoms with Gasteiger partial charge in [0.05, 0.1) is 29.9 Å². The molecule has 162 valence electrons. The zero-order valence-corrected chi connectivity index (χ0v) is 17.8. The number of hydrogen-bond donors (Lipinski definition) is 1. The quantitative estimate of drug-likeness (QED) is 0.607. The number of nitrogens with one attached hydrogen (secondary N) is 1. The highest BCUT2D eigenvalue weighted by molar-refractivity contribution is 6.30. The summed E-state index contributed by atoms with van der Waals surface area (Å²) in [6.45, 7) is 5.08. The lowest BCUT2D eigenvalue weighted by molar-refractivity contribution is -0.138. The predicted molar refractivity (Wildman–Crippen MR) is 108 cm³/mol. The van der Waals surface area contributed by atoms with E-state index in [-0.39, 0.29) is 54.3 Å². The smallest absolute Gasteiger partial charge is 0.341 e. The van der Waals surface area contributed by atoms with E-state index in [1.807, 2.05) is 0 Å². The van der Waals surface area contributed by atoms with E-state index in [4.69, 9.17) is 16.3 Å². The second-order valence-electron chi connectivity index (χ2n) is 6.75. The Morgan fingerprint density at radius 2 is 2.07 bits per heavy atom. The Bertz CT molecular complexity index is 916. The van der Waals surface area contributed by atoms with Crippen LogP contribution in [-0.2, 0) is 27.4 Å². The molecule has 1 aromatic carbocycles. The average molecular weight is 439 g/mol. The minimum Gasteiger partial charge on any atom is -0.462 e. The molecule has 2 aromatic rings. The van der Waals surface area contributed by atoms with E-state index in [0.29, 0.717) is 0 Å². The zero-order chi connectivity index (χ0) is 22.3. The van der Waals surface area contributed by atoms with Crippen molar-refractivity contribution in [2.24, 2.45) is 0 Å². The molecule has 1 N–H and O–H groups in total. The van der Waals surface area contributed by atoms with Crippen LogP contribution in [0, 0.1) is 5.82 Å². The Labute approximate surface area is 178 Å². The summed E-state index contributed by atoms with van der Waals surface area (Å²) in [6.07, 6.45) is 2.73. The molecular formula is C20H24ClFN4O4. The van der Waals surface area contributed by atoms with Crippen LogP contribution in [0.15, 0.2) is 30.6 Å². The van der Waals surface area contributed by atoms with Gasteiger partial charge in [0.1, 0.15) is 12.4 Å². The van der Waals surface area contributed by atoms with Gasteiger partial charge < -0.3 is 15.0 Å². The second kappa shape index (κ2) is 10.7. The number of benzene rings is 1. The van der Waals surface area contributed by atoms with E-state index in [9.17, 15) is 18.8 Å². The first-order valence-corrected chi connectivity index (χ1v) is 9.79. The highest BCUT2D eigenvalue weighted by Gasteiger charge is 2.21. The molecule has 2 amide bonds. The summed E-state index contributed by atoms with van der Waals surface area (Å²) in [4.78, 5) is 38.0. The fourth-order valence-electron chi connectivity index (χ4n) is 2.65. The topological polar surface area (TPSA) is 93.5 Å². The normalized spacial score (nSPS) is 10.7. The molecule has 0 unspecified atom stereocenters. The first-order valence-electron chi connectivity index (χ1n) is 9.41. The molecule has 1 aromatic heterocycles. The number of esters is 1. The Morgan fingerprint density at radius 1 is 1.33 bits per heavy atom. The molecule has 0 saturated carbocycles. The van der Waals surface area contributed by atoms with Crippen LogP contribution in [0.5, 0.6) is 0 Å². The van der Waals surface area contributed by atoms with Crippen molar-refractivity contribution >= 4 is 29.4 Å². The lowest BCUT2D eigenvalue weighted by atomic mass is 10.2. The molecular weight excluding hydrogens is 415 g/mol. The fraction of sp³-hybridized carbons (Fsp3) is 0.400. The van der Waals surface area contributed by atoms with Gasteiger partial charge in [-0.1, -0.05) is 23.7 Å². The van der Waals surface area contributed by atoms with Gasteiger partial charge in [-0.05, 0) is 26.8 Å². The molecule has 0 aliphatic heterocycles. The number of hydrogen-bond acceptors (Lipinski definition) is 5. The summed E-state index contributed by atoms with van der Waals surface area (Å²) in [5, 5.41) is 6.55. The molecule has 0 fully saturated rings. The Kier molecular flexibility index (Phi) is 8.35. The Hall–Kier alpha value is -2.94. The minimum atomic E-state index is -0.590. The van der Waals surface area contributed by atoms with Crippen molar-refractivity contribution in [1.29, 1.82) is 0 Å². The fourth-order valence-corrected chi connectivity index (χ4v) is 2.84. The van der Waals surface area contributed by atoms with Crippen molar-refractivity contribution in [2.45, 2.75) is 39.9 Å². The van der Waals surface area contributed by atoms with Crippen molar-refractivity contribution < 1.29 is 23.5 Å². The van der Waals surface area contributed by atoms with Crippen molar-refractivity contribution in [2.75, 3.05) is 13.2 Å². The Balaban J connectivity index is 1.96. The van der Waals surface area contributed by atoms with E-state index in [1.54, 1.807) is 26.8 Å². The lowest BCUT2D eigenvalue weighted by Gasteiger charge is -2.26. The van der Waals surface area contributed by atoms with Gasteiger partial charge in [-0.3, -0.25) is 14.3 Å². The van der Waals surface area contributed by atoms with Crippen molar-refractivity contribution in [3.05, 3.63) is 52.6 Å². The van der Waals surface area contributed by atoms with E-state index in [0.717, 1.165) is 0 Å². The predicted octanol–water partition coefficient (Wildman–Crippen LogP) is 2.41. The second-order valence-corrected chi connectivity index (χ2v) is 7.16. The first-order chi connectivity index (χ1) is 14.2. The van der Waals surface area contributed by atoms with E-state index >= 15 is 0 Å². The molecule has 8 nitrogen and oxygen atoms in total. The molecule has 0 radical (unpaired) electrons. The number of aromatic nitrogens is 2. The van der Waals surface area contributed by atoms with Gasteiger partial charge in [-0.2, -0.15) is 5.10 Å². The number of ether oxygens (including phenoxy) is 1. The summed E-state index contributed by atoms with van der Waals surface area (Å²) < 4.78 is 20.1. The first kappa shape index (κ1) is 23.3. The van der Waals surface area contributed by atoms with Crippen LogP contribution < -0.4 is 5.32 Å². The van der Waals surface area contributed by atoms with E-state index < -0.39 is 17.7 Å². The molecule has 30 heavy (non-hydrogen) atoms. The number of halogens is 2. The van der Waals surface area contributed by atoms with Crippen LogP contribution in [0.1, 0.15) is 36.7 Å². The molecule has 2 rings (SSSR count).